The van der Waals surface area contributed by atoms with E-state index in [1.807, 2.05) is 13.0 Å². The maximum atomic E-state index is 12.7. The Bertz CT molecular complexity index is 706. The fraction of sp³-hybridized carbons (Fsp3) is 0.467. The van der Waals surface area contributed by atoms with E-state index in [9.17, 15) is 13.2 Å². The van der Waals surface area contributed by atoms with E-state index in [1.165, 1.54) is 6.33 Å². The van der Waals surface area contributed by atoms with E-state index in [-0.39, 0.29) is 11.9 Å². The molecule has 1 atom stereocenters. The Kier molecular flexibility index (Phi) is 4.50. The summed E-state index contributed by atoms with van der Waals surface area (Å²) in [6.07, 6.45) is -0.396. The minimum absolute atomic E-state index is 0.000950. The summed E-state index contributed by atoms with van der Waals surface area (Å²) in [5, 5.41) is 3.05. The second kappa shape index (κ2) is 6.58. The lowest BCUT2D eigenvalue weighted by molar-refractivity contribution is -0.141. The van der Waals surface area contributed by atoms with Crippen LogP contribution in [-0.4, -0.2) is 39.1 Å². The molecule has 0 amide bonds. The van der Waals surface area contributed by atoms with Gasteiger partial charge in [-0.25, -0.2) is 19.9 Å². The van der Waals surface area contributed by atoms with Crippen LogP contribution < -0.4 is 10.2 Å². The van der Waals surface area contributed by atoms with Gasteiger partial charge in [-0.3, -0.25) is 0 Å². The minimum atomic E-state index is -4.47. The van der Waals surface area contributed by atoms with Crippen molar-refractivity contribution in [3.05, 3.63) is 36.2 Å². The maximum absolute atomic E-state index is 12.7. The van der Waals surface area contributed by atoms with Crippen LogP contribution in [-0.2, 0) is 12.6 Å². The first-order chi connectivity index (χ1) is 11.5. The number of aromatic nitrogens is 4. The van der Waals surface area contributed by atoms with E-state index in [0.29, 0.717) is 6.54 Å². The summed E-state index contributed by atoms with van der Waals surface area (Å²) < 4.78 is 38.1. The van der Waals surface area contributed by atoms with Crippen LogP contribution in [0.25, 0.3) is 0 Å². The Hall–Kier alpha value is -2.45. The van der Waals surface area contributed by atoms with Gasteiger partial charge in [-0.1, -0.05) is 6.92 Å². The first-order valence-electron chi connectivity index (χ1n) is 7.67. The van der Waals surface area contributed by atoms with Crippen LogP contribution in [0.15, 0.2) is 24.8 Å². The van der Waals surface area contributed by atoms with Gasteiger partial charge in [-0.2, -0.15) is 13.2 Å². The van der Waals surface area contributed by atoms with Crippen LogP contribution in [0.2, 0.25) is 0 Å². The molecule has 1 aliphatic heterocycles. The number of halogens is 3. The Balaban J connectivity index is 1.66. The largest absolute Gasteiger partial charge is 0.433 e. The fourth-order valence-electron chi connectivity index (χ4n) is 2.64. The fourth-order valence-corrected chi connectivity index (χ4v) is 2.64. The number of aryl methyl sites for hydroxylation is 1. The maximum Gasteiger partial charge on any atom is 0.433 e. The number of hydrogen-bond donors (Lipinski definition) is 1. The highest BCUT2D eigenvalue weighted by Gasteiger charge is 2.33. The highest BCUT2D eigenvalue weighted by atomic mass is 19.4. The molecular weight excluding hydrogens is 321 g/mol. The topological polar surface area (TPSA) is 66.8 Å². The number of rotatable bonds is 4. The highest BCUT2D eigenvalue weighted by molar-refractivity contribution is 5.43. The van der Waals surface area contributed by atoms with E-state index in [1.54, 1.807) is 0 Å². The summed E-state index contributed by atoms with van der Waals surface area (Å²) in [6.45, 7) is 3.44. The molecule has 1 fully saturated rings. The van der Waals surface area contributed by atoms with Gasteiger partial charge in [0.2, 0.25) is 0 Å². The minimum Gasteiger partial charge on any atom is -0.365 e. The van der Waals surface area contributed by atoms with Crippen LogP contribution in [0, 0.1) is 0 Å². The molecule has 2 aromatic rings. The van der Waals surface area contributed by atoms with Crippen molar-refractivity contribution in [3.63, 3.8) is 0 Å². The van der Waals surface area contributed by atoms with Crippen molar-refractivity contribution < 1.29 is 13.2 Å². The molecule has 1 aliphatic rings. The molecule has 9 heteroatoms. The van der Waals surface area contributed by atoms with Gasteiger partial charge >= 0.3 is 6.18 Å². The SMILES string of the molecule is CCc1cc(N2CCC(Nc3cc(C(F)(F)F)ncn3)C2)ncn1. The molecule has 2 aromatic heterocycles. The van der Waals surface area contributed by atoms with E-state index >= 15 is 0 Å². The lowest BCUT2D eigenvalue weighted by atomic mass is 10.2. The standard InChI is InChI=1S/C15H17F3N6/c1-2-10-5-14(22-8-19-10)24-4-3-11(7-24)23-13-6-12(15(16,17)18)20-9-21-13/h5-6,8-9,11H,2-4,7H2,1H3,(H,20,21,23). The Morgan fingerprint density at radius 3 is 2.71 bits per heavy atom. The van der Waals surface area contributed by atoms with E-state index < -0.39 is 11.9 Å². The molecule has 128 valence electrons. The van der Waals surface area contributed by atoms with E-state index in [2.05, 4.69) is 30.2 Å². The Morgan fingerprint density at radius 2 is 1.96 bits per heavy atom. The van der Waals surface area contributed by atoms with Gasteiger partial charge in [0, 0.05) is 37.0 Å². The summed E-state index contributed by atoms with van der Waals surface area (Å²) in [6, 6.07) is 2.87. The number of nitrogens with one attached hydrogen (secondary N) is 1. The number of nitrogens with zero attached hydrogens (tertiary/aromatic N) is 5. The van der Waals surface area contributed by atoms with Gasteiger partial charge < -0.3 is 10.2 Å². The van der Waals surface area contributed by atoms with Crippen molar-refractivity contribution in [2.45, 2.75) is 32.0 Å². The monoisotopic (exact) mass is 338 g/mol. The average molecular weight is 338 g/mol. The third kappa shape index (κ3) is 3.72. The summed E-state index contributed by atoms with van der Waals surface area (Å²) in [5.74, 6) is 1.02. The van der Waals surface area contributed by atoms with Crippen molar-refractivity contribution in [2.24, 2.45) is 0 Å². The van der Waals surface area contributed by atoms with Crippen molar-refractivity contribution in [1.29, 1.82) is 0 Å². The quantitative estimate of drug-likeness (QED) is 0.924. The molecule has 1 N–H and O–H groups in total. The second-order valence-electron chi connectivity index (χ2n) is 5.58. The normalized spacial score (nSPS) is 18.0. The van der Waals surface area contributed by atoms with Gasteiger partial charge in [0.1, 0.15) is 30.0 Å². The van der Waals surface area contributed by atoms with Crippen molar-refractivity contribution >= 4 is 11.6 Å². The van der Waals surface area contributed by atoms with Crippen LogP contribution >= 0.6 is 0 Å². The highest BCUT2D eigenvalue weighted by Crippen LogP contribution is 2.28. The molecule has 0 spiro atoms. The Labute approximate surface area is 137 Å². The van der Waals surface area contributed by atoms with Crippen LogP contribution in [0.5, 0.6) is 0 Å². The van der Waals surface area contributed by atoms with E-state index in [4.69, 9.17) is 0 Å². The van der Waals surface area contributed by atoms with Gasteiger partial charge in [-0.15, -0.1) is 0 Å². The lowest BCUT2D eigenvalue weighted by Crippen LogP contribution is -2.27. The molecule has 1 saturated heterocycles. The van der Waals surface area contributed by atoms with E-state index in [0.717, 1.165) is 43.3 Å². The zero-order chi connectivity index (χ0) is 17.2. The van der Waals surface area contributed by atoms with Gasteiger partial charge in [0.15, 0.2) is 0 Å². The molecule has 3 heterocycles. The van der Waals surface area contributed by atoms with Gasteiger partial charge in [-0.05, 0) is 12.8 Å². The van der Waals surface area contributed by atoms with Crippen molar-refractivity contribution in [1.82, 2.24) is 19.9 Å². The molecule has 0 radical (unpaired) electrons. The van der Waals surface area contributed by atoms with Crippen molar-refractivity contribution in [2.75, 3.05) is 23.3 Å². The lowest BCUT2D eigenvalue weighted by Gasteiger charge is -2.18. The van der Waals surface area contributed by atoms with Crippen LogP contribution in [0.4, 0.5) is 24.8 Å². The molecule has 6 nitrogen and oxygen atoms in total. The molecule has 0 saturated carbocycles. The predicted octanol–water partition coefficient (Wildman–Crippen LogP) is 2.54. The average Bonchev–Trinajstić information content (AvgIpc) is 3.03. The molecule has 0 bridgehead atoms. The molecule has 3 rings (SSSR count). The second-order valence-corrected chi connectivity index (χ2v) is 5.58. The zero-order valence-electron chi connectivity index (χ0n) is 13.1. The molecular formula is C15H17F3N6. The molecule has 0 aliphatic carbocycles. The smallest absolute Gasteiger partial charge is 0.365 e. The number of alkyl halides is 3. The van der Waals surface area contributed by atoms with Crippen LogP contribution in [0.1, 0.15) is 24.7 Å². The Morgan fingerprint density at radius 1 is 1.17 bits per heavy atom. The number of anilines is 2. The predicted molar refractivity (Wildman–Crippen MR) is 82.7 cm³/mol. The first-order valence-corrected chi connectivity index (χ1v) is 7.67. The van der Waals surface area contributed by atoms with Gasteiger partial charge in [0.25, 0.3) is 0 Å². The molecule has 24 heavy (non-hydrogen) atoms. The zero-order valence-corrected chi connectivity index (χ0v) is 13.1. The third-order valence-corrected chi connectivity index (χ3v) is 3.89. The summed E-state index contributed by atoms with van der Waals surface area (Å²) in [7, 11) is 0. The summed E-state index contributed by atoms with van der Waals surface area (Å²) >= 11 is 0. The van der Waals surface area contributed by atoms with Crippen molar-refractivity contribution in [3.8, 4) is 0 Å². The number of hydrogen-bond acceptors (Lipinski definition) is 6. The van der Waals surface area contributed by atoms with Gasteiger partial charge in [0.05, 0.1) is 0 Å². The van der Waals surface area contributed by atoms with Crippen LogP contribution in [0.3, 0.4) is 0 Å². The summed E-state index contributed by atoms with van der Waals surface area (Å²) in [4.78, 5) is 17.7. The molecule has 0 aromatic carbocycles. The summed E-state index contributed by atoms with van der Waals surface area (Å²) in [5.41, 5.74) is 0.0141. The first kappa shape index (κ1) is 16.4. The molecule has 1 unspecified atom stereocenters. The third-order valence-electron chi connectivity index (χ3n) is 3.89.